The van der Waals surface area contributed by atoms with E-state index in [1.54, 1.807) is 30.5 Å². The zero-order valence-corrected chi connectivity index (χ0v) is 12.9. The van der Waals surface area contributed by atoms with E-state index >= 15 is 0 Å². The second kappa shape index (κ2) is 5.93. The van der Waals surface area contributed by atoms with Crippen molar-refractivity contribution in [3.63, 3.8) is 0 Å². The molecule has 1 aliphatic rings. The number of hydrogen-bond donors (Lipinski definition) is 0. The molecule has 5 heteroatoms. The van der Waals surface area contributed by atoms with Crippen LogP contribution in [0.15, 0.2) is 47.2 Å². The summed E-state index contributed by atoms with van der Waals surface area (Å²) in [5.41, 5.74) is 1.55. The maximum Gasteiger partial charge on any atom is 0.254 e. The molecule has 0 atom stereocenters. The van der Waals surface area contributed by atoms with Crippen LogP contribution >= 0.6 is 15.9 Å². The van der Waals surface area contributed by atoms with Crippen molar-refractivity contribution in [2.45, 2.75) is 25.4 Å². The van der Waals surface area contributed by atoms with E-state index in [2.05, 4.69) is 20.9 Å². The summed E-state index contributed by atoms with van der Waals surface area (Å²) in [5.74, 6) is -0.272. The third-order valence-corrected chi connectivity index (χ3v) is 3.92. The van der Waals surface area contributed by atoms with Crippen molar-refractivity contribution in [3.05, 3.63) is 64.1 Å². The first-order chi connectivity index (χ1) is 10.1. The van der Waals surface area contributed by atoms with E-state index in [9.17, 15) is 9.18 Å². The van der Waals surface area contributed by atoms with E-state index in [0.717, 1.165) is 18.4 Å². The molecule has 0 radical (unpaired) electrons. The van der Waals surface area contributed by atoms with Gasteiger partial charge in [0.15, 0.2) is 0 Å². The smallest absolute Gasteiger partial charge is 0.254 e. The molecule has 1 saturated carbocycles. The quantitative estimate of drug-likeness (QED) is 0.787. The van der Waals surface area contributed by atoms with Gasteiger partial charge in [-0.25, -0.2) is 9.37 Å². The van der Waals surface area contributed by atoms with Crippen LogP contribution in [-0.2, 0) is 6.54 Å². The third-order valence-electron chi connectivity index (χ3n) is 3.49. The van der Waals surface area contributed by atoms with Crippen LogP contribution in [0.5, 0.6) is 0 Å². The first-order valence-electron chi connectivity index (χ1n) is 6.80. The number of pyridine rings is 1. The third kappa shape index (κ3) is 3.47. The van der Waals surface area contributed by atoms with Gasteiger partial charge in [-0.2, -0.15) is 0 Å². The molecule has 1 amide bonds. The number of benzene rings is 1. The second-order valence-corrected chi connectivity index (χ2v) is 5.97. The maximum absolute atomic E-state index is 13.0. The SMILES string of the molecule is O=C(c1ccnc(Br)c1)N(Cc1ccc(F)cc1)C1CC1. The van der Waals surface area contributed by atoms with Crippen molar-refractivity contribution in [1.82, 2.24) is 9.88 Å². The summed E-state index contributed by atoms with van der Waals surface area (Å²) < 4.78 is 13.6. The van der Waals surface area contributed by atoms with Crippen LogP contribution in [0.25, 0.3) is 0 Å². The van der Waals surface area contributed by atoms with E-state index in [4.69, 9.17) is 0 Å². The number of aromatic nitrogens is 1. The highest BCUT2D eigenvalue weighted by atomic mass is 79.9. The highest BCUT2D eigenvalue weighted by Gasteiger charge is 2.33. The largest absolute Gasteiger partial charge is 0.331 e. The van der Waals surface area contributed by atoms with Crippen LogP contribution < -0.4 is 0 Å². The average Bonchev–Trinajstić information content (AvgIpc) is 3.30. The summed E-state index contributed by atoms with van der Waals surface area (Å²) in [6, 6.07) is 10.0. The van der Waals surface area contributed by atoms with Gasteiger partial charge in [0.25, 0.3) is 5.91 Å². The van der Waals surface area contributed by atoms with Gasteiger partial charge in [0, 0.05) is 24.3 Å². The number of rotatable bonds is 4. The number of nitrogens with zero attached hydrogens (tertiary/aromatic N) is 2. The molecule has 21 heavy (non-hydrogen) atoms. The standard InChI is InChI=1S/C16H14BrFN2O/c17-15-9-12(7-8-19-15)16(21)20(14-5-6-14)10-11-1-3-13(18)4-2-11/h1-4,7-9,14H,5-6,10H2. The topological polar surface area (TPSA) is 33.2 Å². The van der Waals surface area contributed by atoms with Crippen molar-refractivity contribution in [3.8, 4) is 0 Å². The fraction of sp³-hybridized carbons (Fsp3) is 0.250. The number of halogens is 2. The summed E-state index contributed by atoms with van der Waals surface area (Å²) in [7, 11) is 0. The molecule has 2 aromatic rings. The van der Waals surface area contributed by atoms with Crippen LogP contribution in [-0.4, -0.2) is 21.8 Å². The predicted molar refractivity (Wildman–Crippen MR) is 81.2 cm³/mol. The Morgan fingerprint density at radius 1 is 1.29 bits per heavy atom. The highest BCUT2D eigenvalue weighted by Crippen LogP contribution is 2.30. The summed E-state index contributed by atoms with van der Waals surface area (Å²) in [5, 5.41) is 0. The molecular formula is C16H14BrFN2O. The number of hydrogen-bond acceptors (Lipinski definition) is 2. The van der Waals surface area contributed by atoms with Crippen LogP contribution in [0.1, 0.15) is 28.8 Å². The van der Waals surface area contributed by atoms with Crippen molar-refractivity contribution in [1.29, 1.82) is 0 Å². The van der Waals surface area contributed by atoms with Gasteiger partial charge in [-0.05, 0) is 58.6 Å². The Bertz CT molecular complexity index is 656. The first kappa shape index (κ1) is 14.2. The van der Waals surface area contributed by atoms with Crippen molar-refractivity contribution >= 4 is 21.8 Å². The van der Waals surface area contributed by atoms with Gasteiger partial charge >= 0.3 is 0 Å². The van der Waals surface area contributed by atoms with Gasteiger partial charge < -0.3 is 4.90 Å². The molecule has 0 saturated heterocycles. The number of carbonyl (C=O) groups excluding carboxylic acids is 1. The van der Waals surface area contributed by atoms with Gasteiger partial charge in [-0.15, -0.1) is 0 Å². The monoisotopic (exact) mass is 348 g/mol. The van der Waals surface area contributed by atoms with Crippen LogP contribution in [0, 0.1) is 5.82 Å². The van der Waals surface area contributed by atoms with Gasteiger partial charge in [0.05, 0.1) is 0 Å². The van der Waals surface area contributed by atoms with Crippen LogP contribution in [0.4, 0.5) is 4.39 Å². The van der Waals surface area contributed by atoms with Gasteiger partial charge in [0.1, 0.15) is 10.4 Å². The summed E-state index contributed by atoms with van der Waals surface area (Å²) >= 11 is 3.28. The molecule has 0 aliphatic heterocycles. The molecule has 0 N–H and O–H groups in total. The van der Waals surface area contributed by atoms with E-state index in [1.165, 1.54) is 12.1 Å². The molecular weight excluding hydrogens is 335 g/mol. The Kier molecular flexibility index (Phi) is 4.01. The Labute approximate surface area is 130 Å². The van der Waals surface area contributed by atoms with E-state index in [-0.39, 0.29) is 17.8 Å². The molecule has 1 heterocycles. The fourth-order valence-electron chi connectivity index (χ4n) is 2.24. The zero-order chi connectivity index (χ0) is 14.8. The summed E-state index contributed by atoms with van der Waals surface area (Å²) in [4.78, 5) is 18.5. The Morgan fingerprint density at radius 3 is 2.62 bits per heavy atom. The lowest BCUT2D eigenvalue weighted by Gasteiger charge is -2.22. The lowest BCUT2D eigenvalue weighted by Crippen LogP contribution is -2.32. The lowest BCUT2D eigenvalue weighted by molar-refractivity contribution is 0.0729. The Morgan fingerprint density at radius 2 is 2.00 bits per heavy atom. The molecule has 0 unspecified atom stereocenters. The minimum atomic E-state index is -0.263. The van der Waals surface area contributed by atoms with Crippen molar-refractivity contribution in [2.75, 3.05) is 0 Å². The maximum atomic E-state index is 13.0. The van der Waals surface area contributed by atoms with E-state index in [1.807, 2.05) is 4.90 Å². The molecule has 3 rings (SSSR count). The molecule has 1 aliphatic carbocycles. The minimum absolute atomic E-state index is 0.00933. The zero-order valence-electron chi connectivity index (χ0n) is 11.3. The molecule has 1 fully saturated rings. The molecule has 0 bridgehead atoms. The Hall–Kier alpha value is -1.75. The van der Waals surface area contributed by atoms with Crippen LogP contribution in [0.3, 0.4) is 0 Å². The molecule has 108 valence electrons. The summed E-state index contributed by atoms with van der Waals surface area (Å²) in [6.07, 6.45) is 3.67. The molecule has 1 aromatic carbocycles. The molecule has 1 aromatic heterocycles. The van der Waals surface area contributed by atoms with Gasteiger partial charge in [-0.3, -0.25) is 4.79 Å². The number of carbonyl (C=O) groups is 1. The minimum Gasteiger partial charge on any atom is -0.331 e. The van der Waals surface area contributed by atoms with Crippen molar-refractivity contribution < 1.29 is 9.18 Å². The fourth-order valence-corrected chi connectivity index (χ4v) is 2.61. The number of amides is 1. The van der Waals surface area contributed by atoms with Crippen LogP contribution in [0.2, 0.25) is 0 Å². The summed E-state index contributed by atoms with van der Waals surface area (Å²) in [6.45, 7) is 0.504. The first-order valence-corrected chi connectivity index (χ1v) is 7.60. The van der Waals surface area contributed by atoms with E-state index in [0.29, 0.717) is 16.7 Å². The lowest BCUT2D eigenvalue weighted by atomic mass is 10.1. The molecule has 0 spiro atoms. The highest BCUT2D eigenvalue weighted by molar-refractivity contribution is 9.10. The van der Waals surface area contributed by atoms with E-state index < -0.39 is 0 Å². The molecule has 3 nitrogen and oxygen atoms in total. The predicted octanol–water partition coefficient (Wildman–Crippen LogP) is 3.79. The van der Waals surface area contributed by atoms with Crippen molar-refractivity contribution in [2.24, 2.45) is 0 Å². The van der Waals surface area contributed by atoms with Gasteiger partial charge in [-0.1, -0.05) is 12.1 Å². The van der Waals surface area contributed by atoms with Gasteiger partial charge in [0.2, 0.25) is 0 Å². The second-order valence-electron chi connectivity index (χ2n) is 5.16. The Balaban J connectivity index is 1.81. The average molecular weight is 349 g/mol. The normalized spacial score (nSPS) is 14.0.